The summed E-state index contributed by atoms with van der Waals surface area (Å²) in [6.45, 7) is 0.646. The molecule has 3 N–H and O–H groups in total. The molecule has 0 aromatic rings. The Balaban J connectivity index is 2.24. The van der Waals surface area contributed by atoms with E-state index >= 15 is 0 Å². The Labute approximate surface area is 75.3 Å². The topological polar surface area (TPSA) is 72.2 Å². The molecule has 1 heterocycles. The molecule has 0 unspecified atom stereocenters. The fourth-order valence-electron chi connectivity index (χ4n) is 1.06. The standard InChI is InChI=1S/C7H12N2O2S/c8-4-2-1-3-5-6(10)9-7(11)12-5/h5H,1-4,8H2,(H,9,10,11)/t5-/m0/s1. The van der Waals surface area contributed by atoms with Gasteiger partial charge >= 0.3 is 0 Å². The largest absolute Gasteiger partial charge is 0.330 e. The number of carbonyl (C=O) groups excluding carboxylic acids is 2. The van der Waals surface area contributed by atoms with Crippen LogP contribution in [0.1, 0.15) is 19.3 Å². The number of hydrogen-bond donors (Lipinski definition) is 2. The third-order valence-electron chi connectivity index (χ3n) is 1.69. The molecule has 0 spiro atoms. The van der Waals surface area contributed by atoms with Crippen LogP contribution in [0.15, 0.2) is 0 Å². The predicted octanol–water partition coefficient (Wildman–Crippen LogP) is 0.467. The molecule has 0 aromatic heterocycles. The number of nitrogens with one attached hydrogen (secondary N) is 1. The third kappa shape index (κ3) is 2.49. The van der Waals surface area contributed by atoms with E-state index in [9.17, 15) is 9.59 Å². The first-order valence-corrected chi connectivity index (χ1v) is 4.83. The summed E-state index contributed by atoms with van der Waals surface area (Å²) in [4.78, 5) is 21.7. The molecule has 1 atom stereocenters. The molecule has 1 fully saturated rings. The molecule has 5 heteroatoms. The van der Waals surface area contributed by atoms with Crippen LogP contribution in [0, 0.1) is 0 Å². The second-order valence-corrected chi connectivity index (χ2v) is 3.84. The highest BCUT2D eigenvalue weighted by atomic mass is 32.2. The van der Waals surface area contributed by atoms with E-state index in [0.717, 1.165) is 31.0 Å². The number of carbonyl (C=O) groups is 2. The highest BCUT2D eigenvalue weighted by Gasteiger charge is 2.30. The number of rotatable bonds is 4. The predicted molar refractivity (Wildman–Crippen MR) is 47.8 cm³/mol. The molecule has 0 radical (unpaired) electrons. The second kappa shape index (κ2) is 4.47. The lowest BCUT2D eigenvalue weighted by atomic mass is 10.2. The highest BCUT2D eigenvalue weighted by Crippen LogP contribution is 2.23. The molecule has 0 aromatic carbocycles. The van der Waals surface area contributed by atoms with Gasteiger partial charge in [0, 0.05) is 0 Å². The minimum Gasteiger partial charge on any atom is -0.330 e. The fourth-order valence-corrected chi connectivity index (χ4v) is 1.93. The number of hydrogen-bond acceptors (Lipinski definition) is 4. The van der Waals surface area contributed by atoms with Crippen molar-refractivity contribution in [1.82, 2.24) is 5.32 Å². The SMILES string of the molecule is NCCCC[C@@H]1SC(=O)NC1=O. The molecule has 0 bridgehead atoms. The molecule has 1 aliphatic heterocycles. The average Bonchev–Trinajstić information content (AvgIpc) is 2.31. The molecule has 1 aliphatic rings. The van der Waals surface area contributed by atoms with Crippen molar-refractivity contribution in [2.75, 3.05) is 6.54 Å². The summed E-state index contributed by atoms with van der Waals surface area (Å²) in [7, 11) is 0. The first kappa shape index (κ1) is 9.54. The number of amides is 2. The van der Waals surface area contributed by atoms with Gasteiger partial charge in [-0.05, 0) is 19.4 Å². The van der Waals surface area contributed by atoms with Gasteiger partial charge in [0.1, 0.15) is 0 Å². The lowest BCUT2D eigenvalue weighted by molar-refractivity contribution is -0.119. The van der Waals surface area contributed by atoms with Crippen molar-refractivity contribution in [3.63, 3.8) is 0 Å². The summed E-state index contributed by atoms with van der Waals surface area (Å²) in [5, 5.41) is 1.85. The van der Waals surface area contributed by atoms with Gasteiger partial charge in [0.15, 0.2) is 0 Å². The summed E-state index contributed by atoms with van der Waals surface area (Å²) in [5.74, 6) is -0.151. The molecule has 0 saturated carbocycles. The molecule has 12 heavy (non-hydrogen) atoms. The Bertz CT molecular complexity index is 196. The van der Waals surface area contributed by atoms with Crippen LogP contribution in [-0.4, -0.2) is 22.9 Å². The van der Waals surface area contributed by atoms with Crippen LogP contribution in [0.25, 0.3) is 0 Å². The molecular formula is C7H12N2O2S. The van der Waals surface area contributed by atoms with Crippen LogP contribution in [0.5, 0.6) is 0 Å². The quantitative estimate of drug-likeness (QED) is 0.629. The van der Waals surface area contributed by atoms with Crippen LogP contribution in [0.2, 0.25) is 0 Å². The zero-order valence-electron chi connectivity index (χ0n) is 6.71. The number of imide groups is 1. The number of nitrogens with two attached hydrogens (primary N) is 1. The zero-order chi connectivity index (χ0) is 8.97. The van der Waals surface area contributed by atoms with Gasteiger partial charge in [0.05, 0.1) is 5.25 Å². The molecule has 0 aliphatic carbocycles. The minimum absolute atomic E-state index is 0.151. The fraction of sp³-hybridized carbons (Fsp3) is 0.714. The first-order valence-electron chi connectivity index (χ1n) is 3.95. The van der Waals surface area contributed by atoms with E-state index in [1.165, 1.54) is 0 Å². The third-order valence-corrected chi connectivity index (χ3v) is 2.74. The second-order valence-electron chi connectivity index (χ2n) is 2.67. The van der Waals surface area contributed by atoms with Crippen LogP contribution in [0.3, 0.4) is 0 Å². The van der Waals surface area contributed by atoms with E-state index in [4.69, 9.17) is 5.73 Å². The van der Waals surface area contributed by atoms with E-state index in [-0.39, 0.29) is 16.4 Å². The van der Waals surface area contributed by atoms with Gasteiger partial charge < -0.3 is 5.73 Å². The van der Waals surface area contributed by atoms with Crippen LogP contribution >= 0.6 is 11.8 Å². The van der Waals surface area contributed by atoms with Crippen molar-refractivity contribution in [3.8, 4) is 0 Å². The lowest BCUT2D eigenvalue weighted by Gasteiger charge is -2.02. The summed E-state index contributed by atoms with van der Waals surface area (Å²) in [5.41, 5.74) is 5.30. The van der Waals surface area contributed by atoms with Crippen molar-refractivity contribution in [2.24, 2.45) is 5.73 Å². The molecule has 1 rings (SSSR count). The first-order chi connectivity index (χ1) is 5.74. The van der Waals surface area contributed by atoms with Gasteiger partial charge in [-0.1, -0.05) is 18.2 Å². The summed E-state index contributed by atoms with van der Waals surface area (Å²) >= 11 is 1.08. The molecule has 1 saturated heterocycles. The van der Waals surface area contributed by atoms with Crippen molar-refractivity contribution in [3.05, 3.63) is 0 Å². The van der Waals surface area contributed by atoms with Gasteiger partial charge in [0.25, 0.3) is 5.24 Å². The number of unbranched alkanes of at least 4 members (excludes halogenated alkanes) is 1. The Hall–Kier alpha value is -0.550. The highest BCUT2D eigenvalue weighted by molar-refractivity contribution is 8.15. The van der Waals surface area contributed by atoms with Gasteiger partial charge in [-0.2, -0.15) is 0 Å². The monoisotopic (exact) mass is 188 g/mol. The Morgan fingerprint density at radius 1 is 1.42 bits per heavy atom. The van der Waals surface area contributed by atoms with Crippen molar-refractivity contribution in [2.45, 2.75) is 24.5 Å². The van der Waals surface area contributed by atoms with Crippen LogP contribution in [0.4, 0.5) is 4.79 Å². The molecule has 4 nitrogen and oxygen atoms in total. The molecule has 68 valence electrons. The lowest BCUT2D eigenvalue weighted by Crippen LogP contribution is -2.24. The maximum atomic E-state index is 11.0. The van der Waals surface area contributed by atoms with E-state index < -0.39 is 0 Å². The van der Waals surface area contributed by atoms with Crippen LogP contribution in [-0.2, 0) is 4.79 Å². The van der Waals surface area contributed by atoms with Gasteiger partial charge in [-0.15, -0.1) is 0 Å². The number of thioether (sulfide) groups is 1. The average molecular weight is 188 g/mol. The smallest absolute Gasteiger partial charge is 0.286 e. The van der Waals surface area contributed by atoms with Gasteiger partial charge in [-0.25, -0.2) is 0 Å². The molecule has 2 amide bonds. The normalized spacial score (nSPS) is 22.9. The zero-order valence-corrected chi connectivity index (χ0v) is 7.52. The Morgan fingerprint density at radius 3 is 2.67 bits per heavy atom. The molecular weight excluding hydrogens is 176 g/mol. The van der Waals surface area contributed by atoms with Gasteiger partial charge in [0.2, 0.25) is 5.91 Å². The minimum atomic E-state index is -0.224. The Kier molecular flexibility index (Phi) is 3.55. The maximum absolute atomic E-state index is 11.0. The van der Waals surface area contributed by atoms with Crippen LogP contribution < -0.4 is 11.1 Å². The van der Waals surface area contributed by atoms with E-state index in [0.29, 0.717) is 6.54 Å². The van der Waals surface area contributed by atoms with Crippen molar-refractivity contribution in [1.29, 1.82) is 0 Å². The van der Waals surface area contributed by atoms with Gasteiger partial charge in [-0.3, -0.25) is 14.9 Å². The summed E-state index contributed by atoms with van der Waals surface area (Å²) < 4.78 is 0. The summed E-state index contributed by atoms with van der Waals surface area (Å²) in [6.07, 6.45) is 2.58. The van der Waals surface area contributed by atoms with E-state index in [2.05, 4.69) is 5.32 Å². The van der Waals surface area contributed by atoms with E-state index in [1.54, 1.807) is 0 Å². The van der Waals surface area contributed by atoms with E-state index in [1.807, 2.05) is 0 Å². The maximum Gasteiger partial charge on any atom is 0.286 e. The summed E-state index contributed by atoms with van der Waals surface area (Å²) in [6, 6.07) is 0. The Morgan fingerprint density at radius 2 is 2.17 bits per heavy atom. The van der Waals surface area contributed by atoms with Crippen molar-refractivity contribution < 1.29 is 9.59 Å². The van der Waals surface area contributed by atoms with Crippen molar-refractivity contribution >= 4 is 22.9 Å².